The van der Waals surface area contributed by atoms with Gasteiger partial charge < -0.3 is 14.8 Å². The number of hydrogen-bond acceptors (Lipinski definition) is 7. The number of carbonyl (C=O) groups excluding carboxylic acids is 1. The molecule has 3 rings (SSSR count). The van der Waals surface area contributed by atoms with Gasteiger partial charge in [-0.3, -0.25) is 14.7 Å². The lowest BCUT2D eigenvalue weighted by molar-refractivity contribution is 0.171. The number of nitrogens with zero attached hydrogens (tertiary/aromatic N) is 5. The summed E-state index contributed by atoms with van der Waals surface area (Å²) in [5.41, 5.74) is 0.574. The number of nitrogens with one attached hydrogen (secondary N) is 1. The highest BCUT2D eigenvalue weighted by Gasteiger charge is 2.36. The first-order valence-corrected chi connectivity index (χ1v) is 13.6. The maximum atomic E-state index is 15.3. The van der Waals surface area contributed by atoms with E-state index in [9.17, 15) is 4.79 Å². The molecule has 2 heterocycles. The Kier molecular flexibility index (Phi) is 10.4. The monoisotopic (exact) mass is 550 g/mol. The second kappa shape index (κ2) is 13.3. The van der Waals surface area contributed by atoms with E-state index in [2.05, 4.69) is 47.9 Å². The number of amides is 2. The minimum Gasteiger partial charge on any atom is -0.495 e. The standard InChI is InChI=1S/C27H40ClFN6O3/c1-8-33-25-19(15-31-26(32-25)30-12-10-9-11-13-34(17(2)3)18(4)5)16-35(27(33)36)24-22(28)20(37-6)14-21(38-7)23(24)29/h14-15,17-18H,8-13,16H2,1-7H3,(H,30,31,32). The number of anilines is 3. The normalized spacial score (nSPS) is 13.5. The second-order valence-corrected chi connectivity index (χ2v) is 10.2. The Morgan fingerprint density at radius 1 is 1.13 bits per heavy atom. The van der Waals surface area contributed by atoms with Crippen molar-refractivity contribution in [3.8, 4) is 11.5 Å². The van der Waals surface area contributed by atoms with E-state index in [1.165, 1.54) is 30.1 Å². The summed E-state index contributed by atoms with van der Waals surface area (Å²) in [5, 5.41) is 3.27. The van der Waals surface area contributed by atoms with Gasteiger partial charge in [0.25, 0.3) is 0 Å². The molecule has 0 aliphatic carbocycles. The Labute approximate surface area is 230 Å². The molecule has 2 aromatic rings. The Hall–Kier alpha value is -2.85. The van der Waals surface area contributed by atoms with E-state index in [1.54, 1.807) is 6.20 Å². The predicted molar refractivity (Wildman–Crippen MR) is 150 cm³/mol. The molecule has 0 saturated carbocycles. The first-order chi connectivity index (χ1) is 18.1. The van der Waals surface area contributed by atoms with Crippen LogP contribution < -0.4 is 24.6 Å². The van der Waals surface area contributed by atoms with Crippen molar-refractivity contribution in [1.82, 2.24) is 14.9 Å². The molecule has 38 heavy (non-hydrogen) atoms. The van der Waals surface area contributed by atoms with Gasteiger partial charge in [-0.05, 0) is 54.0 Å². The zero-order valence-corrected chi connectivity index (χ0v) is 24.2. The molecule has 0 spiro atoms. The lowest BCUT2D eigenvalue weighted by Crippen LogP contribution is -2.48. The van der Waals surface area contributed by atoms with Crippen molar-refractivity contribution in [3.05, 3.63) is 28.7 Å². The van der Waals surface area contributed by atoms with Crippen LogP contribution in [0.1, 0.15) is 59.4 Å². The van der Waals surface area contributed by atoms with Crippen molar-refractivity contribution < 1.29 is 18.7 Å². The zero-order valence-electron chi connectivity index (χ0n) is 23.5. The van der Waals surface area contributed by atoms with Gasteiger partial charge in [0.2, 0.25) is 5.95 Å². The summed E-state index contributed by atoms with van der Waals surface area (Å²) in [5.74, 6) is 0.359. The van der Waals surface area contributed by atoms with Crippen molar-refractivity contribution in [2.45, 2.75) is 72.5 Å². The lowest BCUT2D eigenvalue weighted by atomic mass is 10.1. The molecular weight excluding hydrogens is 511 g/mol. The quantitative estimate of drug-likeness (QED) is 0.308. The Bertz CT molecular complexity index is 1080. The van der Waals surface area contributed by atoms with Crippen molar-refractivity contribution in [2.75, 3.05) is 49.0 Å². The van der Waals surface area contributed by atoms with E-state index in [0.717, 1.165) is 32.4 Å². The fourth-order valence-electron chi connectivity index (χ4n) is 4.78. The van der Waals surface area contributed by atoms with E-state index in [0.29, 0.717) is 36.0 Å². The first-order valence-electron chi connectivity index (χ1n) is 13.2. The molecular formula is C27H40ClFN6O3. The molecule has 0 atom stereocenters. The maximum absolute atomic E-state index is 15.3. The number of fused-ring (bicyclic) bond motifs is 1. The van der Waals surface area contributed by atoms with Crippen LogP contribution in [0.15, 0.2) is 12.3 Å². The smallest absolute Gasteiger partial charge is 0.330 e. The molecule has 210 valence electrons. The van der Waals surface area contributed by atoms with Gasteiger partial charge in [0.15, 0.2) is 11.6 Å². The molecule has 1 aliphatic heterocycles. The Balaban J connectivity index is 1.71. The number of benzene rings is 1. The van der Waals surface area contributed by atoms with E-state index in [-0.39, 0.29) is 28.8 Å². The van der Waals surface area contributed by atoms with Crippen LogP contribution in [0.3, 0.4) is 0 Å². The molecule has 0 saturated heterocycles. The summed E-state index contributed by atoms with van der Waals surface area (Å²) in [6.45, 7) is 13.0. The van der Waals surface area contributed by atoms with Crippen LogP contribution in [0.5, 0.6) is 11.5 Å². The van der Waals surface area contributed by atoms with Crippen LogP contribution in [0.2, 0.25) is 5.02 Å². The van der Waals surface area contributed by atoms with E-state index in [1.807, 2.05) is 6.92 Å². The average Bonchev–Trinajstić information content (AvgIpc) is 2.88. The van der Waals surface area contributed by atoms with Gasteiger partial charge in [-0.2, -0.15) is 4.98 Å². The van der Waals surface area contributed by atoms with Crippen molar-refractivity contribution in [3.63, 3.8) is 0 Å². The molecule has 2 amide bonds. The molecule has 1 aliphatic rings. The van der Waals surface area contributed by atoms with E-state index in [4.69, 9.17) is 21.1 Å². The first kappa shape index (κ1) is 29.7. The van der Waals surface area contributed by atoms with Crippen molar-refractivity contribution in [2.24, 2.45) is 0 Å². The minimum atomic E-state index is -0.740. The molecule has 0 bridgehead atoms. The average molecular weight is 551 g/mol. The van der Waals surface area contributed by atoms with Crippen LogP contribution >= 0.6 is 11.6 Å². The Morgan fingerprint density at radius 2 is 1.82 bits per heavy atom. The van der Waals surface area contributed by atoms with Crippen LogP contribution in [0.4, 0.5) is 26.6 Å². The summed E-state index contributed by atoms with van der Waals surface area (Å²) in [7, 11) is 2.76. The number of unbranched alkanes of at least 4 members (excludes halogenated alkanes) is 2. The molecule has 1 aromatic heterocycles. The van der Waals surface area contributed by atoms with E-state index < -0.39 is 11.8 Å². The van der Waals surface area contributed by atoms with Crippen LogP contribution in [-0.2, 0) is 6.54 Å². The molecule has 0 fully saturated rings. The highest BCUT2D eigenvalue weighted by Crippen LogP contribution is 2.44. The fourth-order valence-corrected chi connectivity index (χ4v) is 5.10. The van der Waals surface area contributed by atoms with Crippen LogP contribution in [-0.4, -0.2) is 66.8 Å². The van der Waals surface area contributed by atoms with Gasteiger partial charge in [0.1, 0.15) is 22.3 Å². The summed E-state index contributed by atoms with van der Waals surface area (Å²) >= 11 is 6.45. The number of aromatic nitrogens is 2. The fraction of sp³-hybridized carbons (Fsp3) is 0.593. The van der Waals surface area contributed by atoms with Crippen LogP contribution in [0.25, 0.3) is 0 Å². The lowest BCUT2D eigenvalue weighted by Gasteiger charge is -2.36. The Morgan fingerprint density at radius 3 is 2.42 bits per heavy atom. The third-order valence-electron chi connectivity index (χ3n) is 6.73. The zero-order chi connectivity index (χ0) is 28.0. The topological polar surface area (TPSA) is 83.1 Å². The predicted octanol–water partition coefficient (Wildman–Crippen LogP) is 5.95. The molecule has 0 unspecified atom stereocenters. The van der Waals surface area contributed by atoms with Gasteiger partial charge in [-0.15, -0.1) is 0 Å². The molecule has 1 aromatic carbocycles. The van der Waals surface area contributed by atoms with Gasteiger partial charge in [-0.1, -0.05) is 18.0 Å². The summed E-state index contributed by atoms with van der Waals surface area (Å²) in [4.78, 5) is 27.8. The highest BCUT2D eigenvalue weighted by atomic mass is 35.5. The summed E-state index contributed by atoms with van der Waals surface area (Å²) in [6, 6.07) is 1.99. The van der Waals surface area contributed by atoms with Gasteiger partial charge in [0.05, 0.1) is 20.8 Å². The largest absolute Gasteiger partial charge is 0.495 e. The SMILES string of the molecule is CCN1C(=O)N(c2c(F)c(OC)cc(OC)c2Cl)Cc2cnc(NCCCCCN(C(C)C)C(C)C)nc21. The van der Waals surface area contributed by atoms with Gasteiger partial charge >= 0.3 is 6.03 Å². The molecule has 1 N–H and O–H groups in total. The molecule has 0 radical (unpaired) electrons. The van der Waals surface area contributed by atoms with Crippen molar-refractivity contribution >= 4 is 35.1 Å². The number of rotatable bonds is 13. The number of methoxy groups -OCH3 is 2. The number of hydrogen-bond donors (Lipinski definition) is 1. The molecule has 11 heteroatoms. The van der Waals surface area contributed by atoms with Crippen LogP contribution in [0, 0.1) is 5.82 Å². The minimum absolute atomic E-state index is 0.0113. The third kappa shape index (κ3) is 6.40. The maximum Gasteiger partial charge on any atom is 0.330 e. The second-order valence-electron chi connectivity index (χ2n) is 9.83. The third-order valence-corrected chi connectivity index (χ3v) is 7.09. The number of urea groups is 1. The van der Waals surface area contributed by atoms with E-state index >= 15 is 4.39 Å². The number of carbonyl (C=O) groups is 1. The number of halogens is 2. The van der Waals surface area contributed by atoms with Gasteiger partial charge in [0, 0.05) is 43.0 Å². The summed E-state index contributed by atoms with van der Waals surface area (Å²) < 4.78 is 25.7. The summed E-state index contributed by atoms with van der Waals surface area (Å²) in [6.07, 6.45) is 4.88. The molecule has 9 nitrogen and oxygen atoms in total. The van der Waals surface area contributed by atoms with Gasteiger partial charge in [-0.25, -0.2) is 14.2 Å². The highest BCUT2D eigenvalue weighted by molar-refractivity contribution is 6.35. The number of ether oxygens (including phenoxy) is 2. The van der Waals surface area contributed by atoms with Crippen molar-refractivity contribution in [1.29, 1.82) is 0 Å².